The van der Waals surface area contributed by atoms with Crippen molar-refractivity contribution in [3.63, 3.8) is 0 Å². The number of carbonyl (C=O) groups excluding carboxylic acids is 1. The molecule has 0 aliphatic heterocycles. The Morgan fingerprint density at radius 3 is 2.38 bits per heavy atom. The lowest BCUT2D eigenvalue weighted by Crippen LogP contribution is -2.27. The molecule has 0 bridgehead atoms. The minimum atomic E-state index is -4.55. The summed E-state index contributed by atoms with van der Waals surface area (Å²) < 4.78 is 65.6. The van der Waals surface area contributed by atoms with Crippen LogP contribution in [0.5, 0.6) is 0 Å². The Balaban J connectivity index is 1.62. The fourth-order valence-electron chi connectivity index (χ4n) is 2.93. The molecule has 0 aliphatic rings. The number of halogens is 5. The number of benzene rings is 2. The van der Waals surface area contributed by atoms with Crippen LogP contribution in [0.4, 0.5) is 18.9 Å². The van der Waals surface area contributed by atoms with Crippen molar-refractivity contribution in [3.05, 3.63) is 93.2 Å². The van der Waals surface area contributed by atoms with Gasteiger partial charge in [-0.15, -0.1) is 0 Å². The van der Waals surface area contributed by atoms with Crippen LogP contribution in [0.1, 0.15) is 27.2 Å². The van der Waals surface area contributed by atoms with E-state index in [0.717, 1.165) is 12.3 Å². The summed E-state index contributed by atoms with van der Waals surface area (Å²) in [5.74, 6) is -0.714. The molecular formula is C22H17Cl2F3N2O4S. The standard InChI is InChI=1S/C22H17Cl2F3N2O4S/c23-18-3-1-2-15(20(18)24)10-11-29(34(31)32)17-7-5-16(6-8-17)21(30)33-13-14-4-9-19(28-12-14)22(25,26)27/h1-9,12H,10-11,13H2,(H,31,32). The monoisotopic (exact) mass is 532 g/mol. The first-order valence-electron chi connectivity index (χ1n) is 9.67. The molecule has 2 aromatic carbocycles. The first-order chi connectivity index (χ1) is 16.1. The van der Waals surface area contributed by atoms with E-state index in [1.54, 1.807) is 18.2 Å². The maximum absolute atomic E-state index is 12.6. The number of anilines is 1. The normalized spacial score (nSPS) is 12.3. The summed E-state index contributed by atoms with van der Waals surface area (Å²) >= 11 is 9.82. The Hall–Kier alpha value is -2.66. The van der Waals surface area contributed by atoms with E-state index in [2.05, 4.69) is 4.98 Å². The Kier molecular flexibility index (Phi) is 8.53. The molecular weight excluding hydrogens is 516 g/mol. The molecule has 0 saturated heterocycles. The van der Waals surface area contributed by atoms with Gasteiger partial charge < -0.3 is 4.74 Å². The lowest BCUT2D eigenvalue weighted by molar-refractivity contribution is -0.141. The molecule has 34 heavy (non-hydrogen) atoms. The van der Waals surface area contributed by atoms with Crippen LogP contribution in [0.15, 0.2) is 60.8 Å². The van der Waals surface area contributed by atoms with Crippen molar-refractivity contribution in [1.29, 1.82) is 0 Å². The predicted octanol–water partition coefficient (Wildman–Crippen LogP) is 5.95. The molecule has 0 amide bonds. The van der Waals surface area contributed by atoms with Crippen molar-refractivity contribution in [1.82, 2.24) is 4.98 Å². The average Bonchev–Trinajstić information content (AvgIpc) is 2.80. The molecule has 1 heterocycles. The topological polar surface area (TPSA) is 79.7 Å². The third kappa shape index (κ3) is 6.69. The van der Waals surface area contributed by atoms with Gasteiger partial charge in [0.15, 0.2) is 0 Å². The fraction of sp³-hybridized carbons (Fsp3) is 0.182. The SMILES string of the molecule is O=C(OCc1ccc(C(F)(F)F)nc1)c1ccc(N(CCc2cccc(Cl)c2Cl)S(=O)O)cc1. The zero-order valence-electron chi connectivity index (χ0n) is 17.3. The molecule has 180 valence electrons. The van der Waals surface area contributed by atoms with E-state index in [4.69, 9.17) is 27.9 Å². The Morgan fingerprint density at radius 2 is 1.79 bits per heavy atom. The molecule has 0 spiro atoms. The van der Waals surface area contributed by atoms with Crippen LogP contribution in [0.2, 0.25) is 10.0 Å². The highest BCUT2D eigenvalue weighted by molar-refractivity contribution is 7.80. The van der Waals surface area contributed by atoms with Gasteiger partial charge in [0.25, 0.3) is 11.3 Å². The summed E-state index contributed by atoms with van der Waals surface area (Å²) in [5.41, 5.74) is 0.497. The van der Waals surface area contributed by atoms with Gasteiger partial charge in [-0.1, -0.05) is 41.4 Å². The largest absolute Gasteiger partial charge is 0.457 e. The van der Waals surface area contributed by atoms with Crippen molar-refractivity contribution in [2.75, 3.05) is 10.8 Å². The minimum absolute atomic E-state index is 0.147. The van der Waals surface area contributed by atoms with Crippen LogP contribution in [0, 0.1) is 0 Å². The second-order valence-corrected chi connectivity index (χ2v) is 8.66. The van der Waals surface area contributed by atoms with E-state index in [-0.39, 0.29) is 18.7 Å². The van der Waals surface area contributed by atoms with Gasteiger partial charge in [0.1, 0.15) is 12.3 Å². The predicted molar refractivity (Wildman–Crippen MR) is 123 cm³/mol. The lowest BCUT2D eigenvalue weighted by atomic mass is 10.1. The fourth-order valence-corrected chi connectivity index (χ4v) is 3.90. The number of aromatic nitrogens is 1. The van der Waals surface area contributed by atoms with Crippen LogP contribution in [0.3, 0.4) is 0 Å². The number of hydrogen-bond acceptors (Lipinski definition) is 4. The van der Waals surface area contributed by atoms with Crippen molar-refractivity contribution < 1.29 is 31.5 Å². The molecule has 1 unspecified atom stereocenters. The van der Waals surface area contributed by atoms with Gasteiger partial charge in [-0.05, 0) is 48.4 Å². The van der Waals surface area contributed by atoms with Gasteiger partial charge in [0, 0.05) is 18.3 Å². The smallest absolute Gasteiger partial charge is 0.433 e. The van der Waals surface area contributed by atoms with E-state index < -0.39 is 29.1 Å². The molecule has 3 aromatic rings. The first-order valence-corrected chi connectivity index (χ1v) is 11.5. The zero-order chi connectivity index (χ0) is 24.9. The third-order valence-electron chi connectivity index (χ3n) is 4.68. The highest BCUT2D eigenvalue weighted by Gasteiger charge is 2.32. The molecule has 1 N–H and O–H groups in total. The zero-order valence-corrected chi connectivity index (χ0v) is 19.6. The Morgan fingerprint density at radius 1 is 1.09 bits per heavy atom. The van der Waals surface area contributed by atoms with E-state index in [1.165, 1.54) is 34.6 Å². The van der Waals surface area contributed by atoms with Crippen molar-refractivity contribution in [3.8, 4) is 0 Å². The number of ether oxygens (including phenoxy) is 1. The molecule has 0 saturated carbocycles. The van der Waals surface area contributed by atoms with Gasteiger partial charge in [-0.25, -0.2) is 9.00 Å². The number of nitrogens with zero attached hydrogens (tertiary/aromatic N) is 2. The van der Waals surface area contributed by atoms with Crippen LogP contribution >= 0.6 is 23.2 Å². The van der Waals surface area contributed by atoms with Crippen LogP contribution in [-0.4, -0.2) is 26.3 Å². The molecule has 0 fully saturated rings. The Bertz CT molecular complexity index is 1180. The second-order valence-electron chi connectivity index (χ2n) is 6.97. The van der Waals surface area contributed by atoms with E-state index >= 15 is 0 Å². The van der Waals surface area contributed by atoms with E-state index in [1.807, 2.05) is 0 Å². The summed E-state index contributed by atoms with van der Waals surface area (Å²) in [5, 5.41) is 0.750. The van der Waals surface area contributed by atoms with Gasteiger partial charge in [-0.3, -0.25) is 13.8 Å². The quantitative estimate of drug-likeness (QED) is 0.286. The van der Waals surface area contributed by atoms with Crippen molar-refractivity contribution in [2.24, 2.45) is 0 Å². The summed E-state index contributed by atoms with van der Waals surface area (Å²) in [6.07, 6.45) is -3.22. The molecule has 1 atom stereocenters. The Labute approximate surface area is 205 Å². The molecule has 12 heteroatoms. The number of esters is 1. The summed E-state index contributed by atoms with van der Waals surface area (Å²) in [6.45, 7) is -0.118. The highest BCUT2D eigenvalue weighted by atomic mass is 35.5. The maximum Gasteiger partial charge on any atom is 0.433 e. The number of carbonyl (C=O) groups is 1. The molecule has 1 aromatic heterocycles. The van der Waals surface area contributed by atoms with Crippen molar-refractivity contribution >= 4 is 46.1 Å². The first kappa shape index (κ1) is 26.0. The van der Waals surface area contributed by atoms with Crippen LogP contribution in [-0.2, 0) is 35.2 Å². The summed E-state index contributed by atoms with van der Waals surface area (Å²) in [6, 6.07) is 12.9. The van der Waals surface area contributed by atoms with Gasteiger partial charge >= 0.3 is 12.1 Å². The van der Waals surface area contributed by atoms with Crippen LogP contribution in [0.25, 0.3) is 0 Å². The number of rotatable bonds is 8. The average molecular weight is 533 g/mol. The van der Waals surface area contributed by atoms with Crippen molar-refractivity contribution in [2.45, 2.75) is 19.2 Å². The number of alkyl halides is 3. The molecule has 6 nitrogen and oxygen atoms in total. The van der Waals surface area contributed by atoms with Gasteiger partial charge in [0.05, 0.1) is 21.3 Å². The third-order valence-corrected chi connectivity index (χ3v) is 6.31. The van der Waals surface area contributed by atoms with Crippen LogP contribution < -0.4 is 4.31 Å². The maximum atomic E-state index is 12.6. The summed E-state index contributed by atoms with van der Waals surface area (Å²) in [4.78, 5) is 15.6. The lowest BCUT2D eigenvalue weighted by Gasteiger charge is -2.20. The second kappa shape index (κ2) is 11.2. The van der Waals surface area contributed by atoms with Gasteiger partial charge in [0.2, 0.25) is 0 Å². The van der Waals surface area contributed by atoms with Gasteiger partial charge in [-0.2, -0.15) is 13.2 Å². The summed E-state index contributed by atoms with van der Waals surface area (Å²) in [7, 11) is 0. The molecule has 3 rings (SSSR count). The van der Waals surface area contributed by atoms with E-state index in [9.17, 15) is 26.7 Å². The minimum Gasteiger partial charge on any atom is -0.457 e. The van der Waals surface area contributed by atoms with E-state index in [0.29, 0.717) is 33.3 Å². The highest BCUT2D eigenvalue weighted by Crippen LogP contribution is 2.28. The molecule has 0 aliphatic carbocycles. The molecule has 0 radical (unpaired) electrons. The number of hydrogen-bond donors (Lipinski definition) is 1. The number of pyridine rings is 1.